The first-order valence-corrected chi connectivity index (χ1v) is 5.71. The molecule has 0 bridgehead atoms. The maximum Gasteiger partial charge on any atom is 0.224 e. The Bertz CT molecular complexity index is 560. The molecular weight excluding hydrogens is 236 g/mol. The second kappa shape index (κ2) is 5.06. The van der Waals surface area contributed by atoms with Gasteiger partial charge in [-0.15, -0.1) is 6.58 Å². The summed E-state index contributed by atoms with van der Waals surface area (Å²) in [5.41, 5.74) is 1.94. The number of rotatable bonds is 4. The normalized spacial score (nSPS) is 10.4. The molecule has 17 heavy (non-hydrogen) atoms. The molecule has 0 unspecified atom stereocenters. The summed E-state index contributed by atoms with van der Waals surface area (Å²) in [5, 5.41) is 4.41. The summed E-state index contributed by atoms with van der Waals surface area (Å²) in [5.74, 6) is -0.0224. The number of carbonyl (C=O) groups excluding carboxylic acids is 1. The van der Waals surface area contributed by atoms with Crippen LogP contribution in [0, 0.1) is 0 Å². The summed E-state index contributed by atoms with van der Waals surface area (Å²) in [6, 6.07) is 5.59. The second-order valence-electron chi connectivity index (χ2n) is 3.77. The third kappa shape index (κ3) is 2.68. The van der Waals surface area contributed by atoms with Crippen molar-refractivity contribution in [2.24, 2.45) is 0 Å². The maximum atomic E-state index is 11.6. The predicted octanol–water partition coefficient (Wildman–Crippen LogP) is 2.67. The van der Waals surface area contributed by atoms with Gasteiger partial charge in [0, 0.05) is 28.7 Å². The van der Waals surface area contributed by atoms with Gasteiger partial charge in [-0.05, 0) is 23.8 Å². The molecule has 1 aromatic heterocycles. The molecular formula is C13H13ClN2O. The molecule has 0 saturated carbocycles. The zero-order valence-electron chi connectivity index (χ0n) is 9.29. The molecule has 1 aromatic carbocycles. The molecule has 1 heterocycles. The minimum absolute atomic E-state index is 0.0224. The molecule has 0 saturated heterocycles. The van der Waals surface area contributed by atoms with E-state index in [1.54, 1.807) is 6.08 Å². The van der Waals surface area contributed by atoms with E-state index < -0.39 is 0 Å². The highest BCUT2D eigenvalue weighted by Gasteiger charge is 2.08. The first kappa shape index (κ1) is 11.7. The number of nitrogens with one attached hydrogen (secondary N) is 2. The molecule has 2 rings (SSSR count). The van der Waals surface area contributed by atoms with Crippen LogP contribution in [0.4, 0.5) is 0 Å². The highest BCUT2D eigenvalue weighted by atomic mass is 35.5. The van der Waals surface area contributed by atoms with Crippen molar-refractivity contribution in [3.63, 3.8) is 0 Å². The fourth-order valence-corrected chi connectivity index (χ4v) is 1.89. The molecule has 2 N–H and O–H groups in total. The lowest BCUT2D eigenvalue weighted by molar-refractivity contribution is -0.120. The number of benzene rings is 1. The van der Waals surface area contributed by atoms with Crippen LogP contribution >= 0.6 is 11.6 Å². The highest BCUT2D eigenvalue weighted by Crippen LogP contribution is 2.22. The molecule has 4 heteroatoms. The monoisotopic (exact) mass is 248 g/mol. The Labute approximate surface area is 104 Å². The van der Waals surface area contributed by atoms with Gasteiger partial charge in [-0.1, -0.05) is 17.7 Å². The van der Waals surface area contributed by atoms with Crippen molar-refractivity contribution in [1.82, 2.24) is 10.3 Å². The number of aromatic nitrogens is 1. The number of hydrogen-bond donors (Lipinski definition) is 2. The quantitative estimate of drug-likeness (QED) is 0.803. The zero-order chi connectivity index (χ0) is 12.3. The molecule has 3 nitrogen and oxygen atoms in total. The number of amides is 1. The predicted molar refractivity (Wildman–Crippen MR) is 70.2 cm³/mol. The number of carbonyl (C=O) groups is 1. The molecule has 1 amide bonds. The van der Waals surface area contributed by atoms with E-state index in [2.05, 4.69) is 16.9 Å². The van der Waals surface area contributed by atoms with Crippen LogP contribution in [0.1, 0.15) is 5.56 Å². The first-order valence-electron chi connectivity index (χ1n) is 5.34. The Kier molecular flexibility index (Phi) is 3.49. The van der Waals surface area contributed by atoms with Crippen LogP contribution in [0.25, 0.3) is 10.9 Å². The van der Waals surface area contributed by atoms with Gasteiger partial charge in [-0.3, -0.25) is 4.79 Å². The van der Waals surface area contributed by atoms with Crippen LogP contribution < -0.4 is 5.32 Å². The smallest absolute Gasteiger partial charge is 0.224 e. The summed E-state index contributed by atoms with van der Waals surface area (Å²) in [6.45, 7) is 4.04. The van der Waals surface area contributed by atoms with E-state index in [1.807, 2.05) is 24.4 Å². The van der Waals surface area contributed by atoms with E-state index in [4.69, 9.17) is 11.6 Å². The standard InChI is InChI=1S/C13H13ClN2O/c1-2-5-15-13(17)6-9-8-16-12-4-3-10(14)7-11(9)12/h2-4,7-8,16H,1,5-6H2,(H,15,17). The molecule has 0 spiro atoms. The topological polar surface area (TPSA) is 44.9 Å². The van der Waals surface area contributed by atoms with E-state index in [0.29, 0.717) is 18.0 Å². The highest BCUT2D eigenvalue weighted by molar-refractivity contribution is 6.31. The van der Waals surface area contributed by atoms with E-state index in [1.165, 1.54) is 0 Å². The van der Waals surface area contributed by atoms with Gasteiger partial charge >= 0.3 is 0 Å². The Morgan fingerprint density at radius 3 is 3.12 bits per heavy atom. The summed E-state index contributed by atoms with van der Waals surface area (Å²) >= 11 is 5.94. The van der Waals surface area contributed by atoms with Crippen molar-refractivity contribution < 1.29 is 4.79 Å². The van der Waals surface area contributed by atoms with Crippen molar-refractivity contribution in [3.8, 4) is 0 Å². The molecule has 0 radical (unpaired) electrons. The van der Waals surface area contributed by atoms with E-state index >= 15 is 0 Å². The summed E-state index contributed by atoms with van der Waals surface area (Å²) in [7, 11) is 0. The Balaban J connectivity index is 2.21. The van der Waals surface area contributed by atoms with Gasteiger partial charge in [-0.25, -0.2) is 0 Å². The summed E-state index contributed by atoms with van der Waals surface area (Å²) in [6.07, 6.45) is 3.84. The number of aromatic amines is 1. The van der Waals surface area contributed by atoms with Crippen molar-refractivity contribution in [2.45, 2.75) is 6.42 Å². The average Bonchev–Trinajstić information content (AvgIpc) is 2.69. The van der Waals surface area contributed by atoms with Crippen molar-refractivity contribution >= 4 is 28.4 Å². The fraction of sp³-hybridized carbons (Fsp3) is 0.154. The largest absolute Gasteiger partial charge is 0.361 e. The fourth-order valence-electron chi connectivity index (χ4n) is 1.72. The molecule has 0 aliphatic heterocycles. The molecule has 2 aromatic rings. The van der Waals surface area contributed by atoms with Crippen molar-refractivity contribution in [1.29, 1.82) is 0 Å². The number of halogens is 1. The van der Waals surface area contributed by atoms with Gasteiger partial charge in [0.2, 0.25) is 5.91 Å². The summed E-state index contributed by atoms with van der Waals surface area (Å²) < 4.78 is 0. The van der Waals surface area contributed by atoms with Crippen LogP contribution in [-0.2, 0) is 11.2 Å². The minimum atomic E-state index is -0.0224. The number of hydrogen-bond acceptors (Lipinski definition) is 1. The van der Waals surface area contributed by atoms with E-state index in [9.17, 15) is 4.79 Å². The Hall–Kier alpha value is -1.74. The third-order valence-electron chi connectivity index (χ3n) is 2.52. The maximum absolute atomic E-state index is 11.6. The minimum Gasteiger partial charge on any atom is -0.361 e. The van der Waals surface area contributed by atoms with Gasteiger partial charge in [0.15, 0.2) is 0 Å². The Morgan fingerprint density at radius 2 is 2.35 bits per heavy atom. The van der Waals surface area contributed by atoms with Crippen LogP contribution in [-0.4, -0.2) is 17.4 Å². The first-order chi connectivity index (χ1) is 8.20. The molecule has 0 aliphatic carbocycles. The molecule has 88 valence electrons. The van der Waals surface area contributed by atoms with Crippen LogP contribution in [0.2, 0.25) is 5.02 Å². The van der Waals surface area contributed by atoms with Gasteiger partial charge in [0.05, 0.1) is 6.42 Å². The lowest BCUT2D eigenvalue weighted by Gasteiger charge is -2.01. The number of H-pyrrole nitrogens is 1. The van der Waals surface area contributed by atoms with Crippen molar-refractivity contribution in [3.05, 3.63) is 47.6 Å². The van der Waals surface area contributed by atoms with Gasteiger partial charge in [0.25, 0.3) is 0 Å². The van der Waals surface area contributed by atoms with Gasteiger partial charge in [-0.2, -0.15) is 0 Å². The Morgan fingerprint density at radius 1 is 1.53 bits per heavy atom. The van der Waals surface area contributed by atoms with Crippen molar-refractivity contribution in [2.75, 3.05) is 6.54 Å². The molecule has 0 fully saturated rings. The second-order valence-corrected chi connectivity index (χ2v) is 4.21. The third-order valence-corrected chi connectivity index (χ3v) is 2.76. The molecule has 0 aliphatic rings. The van der Waals surface area contributed by atoms with E-state index in [-0.39, 0.29) is 5.91 Å². The van der Waals surface area contributed by atoms with Gasteiger partial charge < -0.3 is 10.3 Å². The van der Waals surface area contributed by atoms with Crippen LogP contribution in [0.15, 0.2) is 37.1 Å². The van der Waals surface area contributed by atoms with E-state index in [0.717, 1.165) is 16.5 Å². The summed E-state index contributed by atoms with van der Waals surface area (Å²) in [4.78, 5) is 14.7. The lowest BCUT2D eigenvalue weighted by atomic mass is 10.1. The van der Waals surface area contributed by atoms with Crippen LogP contribution in [0.3, 0.4) is 0 Å². The van der Waals surface area contributed by atoms with Gasteiger partial charge in [0.1, 0.15) is 0 Å². The lowest BCUT2D eigenvalue weighted by Crippen LogP contribution is -2.24. The number of fused-ring (bicyclic) bond motifs is 1. The average molecular weight is 249 g/mol. The van der Waals surface area contributed by atoms with Crippen LogP contribution in [0.5, 0.6) is 0 Å². The zero-order valence-corrected chi connectivity index (χ0v) is 10.1. The SMILES string of the molecule is C=CCNC(=O)Cc1c[nH]c2ccc(Cl)cc12. The molecule has 0 atom stereocenters.